The number of nitrogens with two attached hydrogens (primary N) is 1. The molecule has 1 amide bonds. The Kier molecular flexibility index (Phi) is 5.73. The van der Waals surface area contributed by atoms with Crippen molar-refractivity contribution < 1.29 is 9.53 Å². The normalized spacial score (nSPS) is 18.7. The lowest BCUT2D eigenvalue weighted by Gasteiger charge is -2.23. The molecule has 1 aromatic heterocycles. The van der Waals surface area contributed by atoms with E-state index in [1.54, 1.807) is 6.07 Å². The maximum absolute atomic E-state index is 11.3. The monoisotopic (exact) mass is 340 g/mol. The number of hydrogen-bond acceptors (Lipinski definition) is 5. The van der Waals surface area contributed by atoms with E-state index in [1.165, 1.54) is 17.5 Å². The molecule has 1 atom stereocenters. The van der Waals surface area contributed by atoms with Gasteiger partial charge in [-0.2, -0.15) is 0 Å². The average Bonchev–Trinajstić information content (AvgIpc) is 2.82. The lowest BCUT2D eigenvalue weighted by Crippen LogP contribution is -2.30. The Morgan fingerprint density at radius 3 is 2.88 bits per heavy atom. The summed E-state index contributed by atoms with van der Waals surface area (Å²) in [5.41, 5.74) is 8.97. The fourth-order valence-corrected chi connectivity index (χ4v) is 3.11. The van der Waals surface area contributed by atoms with Crippen LogP contribution in [0.15, 0.2) is 36.7 Å². The number of benzene rings is 1. The van der Waals surface area contributed by atoms with E-state index in [9.17, 15) is 4.79 Å². The molecular formula is C19H24N4O2. The van der Waals surface area contributed by atoms with Crippen LogP contribution in [0.2, 0.25) is 0 Å². The zero-order valence-electron chi connectivity index (χ0n) is 14.5. The Hall–Kier alpha value is -2.31. The highest BCUT2D eigenvalue weighted by atomic mass is 16.5. The molecule has 1 unspecified atom stereocenters. The van der Waals surface area contributed by atoms with Crippen LogP contribution in [-0.2, 0) is 17.7 Å². The topological polar surface area (TPSA) is 81.3 Å². The number of carbonyl (C=O) groups excluding carboxylic acids is 1. The number of aromatic nitrogens is 2. The van der Waals surface area contributed by atoms with Crippen molar-refractivity contribution in [1.82, 2.24) is 14.9 Å². The van der Waals surface area contributed by atoms with Gasteiger partial charge < -0.3 is 10.5 Å². The van der Waals surface area contributed by atoms with Crippen LogP contribution in [0.5, 0.6) is 0 Å². The molecule has 2 N–H and O–H groups in total. The van der Waals surface area contributed by atoms with Crippen LogP contribution in [0, 0.1) is 12.8 Å². The van der Waals surface area contributed by atoms with Gasteiger partial charge in [0, 0.05) is 31.2 Å². The molecule has 3 rings (SSSR count). The maximum Gasteiger partial charge on any atom is 0.267 e. The van der Waals surface area contributed by atoms with Gasteiger partial charge in [-0.05, 0) is 25.0 Å². The Morgan fingerprint density at radius 1 is 1.32 bits per heavy atom. The number of primary amides is 1. The van der Waals surface area contributed by atoms with E-state index in [0.717, 1.165) is 38.4 Å². The van der Waals surface area contributed by atoms with E-state index < -0.39 is 5.91 Å². The molecule has 0 radical (unpaired) electrons. The smallest absolute Gasteiger partial charge is 0.267 e. The molecule has 2 heterocycles. The van der Waals surface area contributed by atoms with Crippen LogP contribution in [0.1, 0.15) is 27.3 Å². The van der Waals surface area contributed by atoms with Crippen molar-refractivity contribution in [3.05, 3.63) is 59.2 Å². The van der Waals surface area contributed by atoms with E-state index in [1.807, 2.05) is 0 Å². The fraction of sp³-hybridized carbons (Fsp3) is 0.421. The Labute approximate surface area is 148 Å². The predicted octanol–water partition coefficient (Wildman–Crippen LogP) is 1.58. The van der Waals surface area contributed by atoms with Gasteiger partial charge in [-0.25, -0.2) is 9.97 Å². The summed E-state index contributed by atoms with van der Waals surface area (Å²) in [5, 5.41) is 0. The van der Waals surface area contributed by atoms with Gasteiger partial charge in [-0.3, -0.25) is 9.69 Å². The molecule has 132 valence electrons. The zero-order chi connectivity index (χ0) is 17.6. The van der Waals surface area contributed by atoms with Gasteiger partial charge in [0.1, 0.15) is 12.0 Å². The van der Waals surface area contributed by atoms with Crippen LogP contribution in [-0.4, -0.2) is 47.1 Å². The number of ether oxygens (including phenoxy) is 1. The first-order valence-corrected chi connectivity index (χ1v) is 8.56. The van der Waals surface area contributed by atoms with Crippen molar-refractivity contribution in [3.63, 3.8) is 0 Å². The van der Waals surface area contributed by atoms with E-state index in [0.29, 0.717) is 12.5 Å². The number of amides is 1. The molecule has 0 saturated carbocycles. The number of rotatable bonds is 5. The summed E-state index contributed by atoms with van der Waals surface area (Å²) in [6, 6.07) is 10.3. The molecule has 0 bridgehead atoms. The lowest BCUT2D eigenvalue weighted by atomic mass is 10.0. The minimum atomic E-state index is -0.526. The summed E-state index contributed by atoms with van der Waals surface area (Å²) in [5.74, 6) is -0.203. The Balaban J connectivity index is 1.64. The second-order valence-electron chi connectivity index (χ2n) is 6.62. The van der Waals surface area contributed by atoms with Gasteiger partial charge >= 0.3 is 0 Å². The number of hydrogen-bond donors (Lipinski definition) is 1. The maximum atomic E-state index is 11.3. The van der Waals surface area contributed by atoms with Crippen molar-refractivity contribution in [2.24, 2.45) is 11.7 Å². The van der Waals surface area contributed by atoms with Crippen LogP contribution in [0.25, 0.3) is 0 Å². The predicted molar refractivity (Wildman–Crippen MR) is 95.0 cm³/mol. The lowest BCUT2D eigenvalue weighted by molar-refractivity contribution is 0.0995. The third-order valence-corrected chi connectivity index (χ3v) is 4.42. The van der Waals surface area contributed by atoms with Gasteiger partial charge in [0.25, 0.3) is 5.91 Å². The van der Waals surface area contributed by atoms with E-state index in [-0.39, 0.29) is 5.69 Å². The van der Waals surface area contributed by atoms with Crippen LogP contribution < -0.4 is 5.73 Å². The highest BCUT2D eigenvalue weighted by Gasteiger charge is 2.20. The number of carbonyl (C=O) groups is 1. The molecule has 1 saturated heterocycles. The second kappa shape index (κ2) is 8.18. The van der Waals surface area contributed by atoms with E-state index in [2.05, 4.69) is 46.1 Å². The molecule has 2 aromatic rings. The van der Waals surface area contributed by atoms with Crippen LogP contribution in [0.3, 0.4) is 0 Å². The molecule has 25 heavy (non-hydrogen) atoms. The molecule has 6 nitrogen and oxygen atoms in total. The quantitative estimate of drug-likeness (QED) is 0.893. The Morgan fingerprint density at radius 2 is 2.12 bits per heavy atom. The first kappa shape index (κ1) is 17.5. The first-order valence-electron chi connectivity index (χ1n) is 8.56. The van der Waals surface area contributed by atoms with Crippen LogP contribution in [0.4, 0.5) is 0 Å². The molecule has 1 aromatic carbocycles. The zero-order valence-corrected chi connectivity index (χ0v) is 14.5. The minimum absolute atomic E-state index is 0.260. The minimum Gasteiger partial charge on any atom is -0.380 e. The highest BCUT2D eigenvalue weighted by molar-refractivity contribution is 5.90. The van der Waals surface area contributed by atoms with E-state index >= 15 is 0 Å². The standard InChI is InChI=1S/C19H24N4O2/c1-14-2-4-15(5-3-14)10-23-6-7-25-12-16(11-23)8-17-9-18(19(20)24)22-13-21-17/h2-5,9,13,16H,6-8,10-12H2,1H3,(H2,20,24). The van der Waals surface area contributed by atoms with Crippen molar-refractivity contribution in [1.29, 1.82) is 0 Å². The highest BCUT2D eigenvalue weighted by Crippen LogP contribution is 2.15. The van der Waals surface area contributed by atoms with E-state index in [4.69, 9.17) is 10.5 Å². The van der Waals surface area contributed by atoms with Gasteiger partial charge in [0.15, 0.2) is 0 Å². The summed E-state index contributed by atoms with van der Waals surface area (Å²) >= 11 is 0. The summed E-state index contributed by atoms with van der Waals surface area (Å²) in [7, 11) is 0. The van der Waals surface area contributed by atoms with Gasteiger partial charge in [-0.15, -0.1) is 0 Å². The van der Waals surface area contributed by atoms with Crippen molar-refractivity contribution in [3.8, 4) is 0 Å². The van der Waals surface area contributed by atoms with Crippen molar-refractivity contribution in [2.75, 3.05) is 26.3 Å². The third-order valence-electron chi connectivity index (χ3n) is 4.42. The molecule has 1 aliphatic heterocycles. The first-order chi connectivity index (χ1) is 12.1. The third kappa shape index (κ3) is 5.08. The molecule has 1 fully saturated rings. The summed E-state index contributed by atoms with van der Waals surface area (Å²) in [6.07, 6.45) is 2.14. The second-order valence-corrected chi connectivity index (χ2v) is 6.62. The summed E-state index contributed by atoms with van der Waals surface area (Å²) < 4.78 is 5.77. The average molecular weight is 340 g/mol. The molecule has 0 aliphatic carbocycles. The van der Waals surface area contributed by atoms with Gasteiger partial charge in [0.05, 0.1) is 13.2 Å². The Bertz CT molecular complexity index is 718. The number of nitrogens with zero attached hydrogens (tertiary/aromatic N) is 3. The SMILES string of the molecule is Cc1ccc(CN2CCOCC(Cc3cc(C(N)=O)ncn3)C2)cc1. The summed E-state index contributed by atoms with van der Waals surface area (Å²) in [6.45, 7) is 6.29. The number of aryl methyl sites for hydroxylation is 1. The molecular weight excluding hydrogens is 316 g/mol. The molecule has 6 heteroatoms. The molecule has 0 spiro atoms. The fourth-order valence-electron chi connectivity index (χ4n) is 3.11. The van der Waals surface area contributed by atoms with Crippen LogP contribution >= 0.6 is 0 Å². The van der Waals surface area contributed by atoms with Gasteiger partial charge in [-0.1, -0.05) is 29.8 Å². The molecule has 1 aliphatic rings. The largest absolute Gasteiger partial charge is 0.380 e. The van der Waals surface area contributed by atoms with Gasteiger partial charge in [0.2, 0.25) is 0 Å². The summed E-state index contributed by atoms with van der Waals surface area (Å²) in [4.78, 5) is 21.9. The van der Waals surface area contributed by atoms with Crippen molar-refractivity contribution >= 4 is 5.91 Å². The van der Waals surface area contributed by atoms with Crippen molar-refractivity contribution in [2.45, 2.75) is 19.9 Å².